The lowest BCUT2D eigenvalue weighted by Gasteiger charge is -2.35. The number of anilines is 1. The number of nitrogens with zero attached hydrogens (tertiary/aromatic N) is 6. The third kappa shape index (κ3) is 4.50. The average Bonchev–Trinajstić information content (AvgIpc) is 3.27. The van der Waals surface area contributed by atoms with Crippen molar-refractivity contribution in [3.63, 3.8) is 0 Å². The Kier molecular flexibility index (Phi) is 6.24. The first-order valence-electron chi connectivity index (χ1n) is 11.6. The summed E-state index contributed by atoms with van der Waals surface area (Å²) in [5.74, 6) is 0. The van der Waals surface area contributed by atoms with Crippen molar-refractivity contribution in [2.45, 2.75) is 30.7 Å². The quantitative estimate of drug-likeness (QED) is 0.391. The Hall–Kier alpha value is -3.02. The van der Waals surface area contributed by atoms with Crippen molar-refractivity contribution in [1.82, 2.24) is 18.6 Å². The van der Waals surface area contributed by atoms with Gasteiger partial charge in [0.2, 0.25) is 10.0 Å². The Morgan fingerprint density at radius 2 is 1.74 bits per heavy atom. The molecule has 10 nitrogen and oxygen atoms in total. The van der Waals surface area contributed by atoms with E-state index in [9.17, 15) is 18.5 Å². The number of sulfonamides is 1. The molecule has 0 bridgehead atoms. The summed E-state index contributed by atoms with van der Waals surface area (Å²) in [7, 11) is -3.73. The minimum Gasteiger partial charge on any atom is -0.363 e. The van der Waals surface area contributed by atoms with Crippen LogP contribution in [0, 0.1) is 10.1 Å². The van der Waals surface area contributed by atoms with Crippen molar-refractivity contribution in [3.05, 3.63) is 64.6 Å². The standard InChI is InChI=1S/C23H28N6O4S/c30-29(31)22-16-20(34(32,33)28-10-3-1-4-11-28)7-8-21(22)26-14-12-25(13-15-26)17-19-18-27-9-5-2-6-23(27)24-19/h2,5-9,16,18H,1,3-4,10-15,17H2. The maximum absolute atomic E-state index is 13.0. The molecule has 2 aliphatic heterocycles. The second-order valence-corrected chi connectivity index (χ2v) is 10.8. The number of aromatic nitrogens is 2. The van der Waals surface area contributed by atoms with Gasteiger partial charge in [-0.1, -0.05) is 12.5 Å². The molecular weight excluding hydrogens is 456 g/mol. The molecule has 0 N–H and O–H groups in total. The monoisotopic (exact) mass is 484 g/mol. The predicted molar refractivity (Wildman–Crippen MR) is 128 cm³/mol. The van der Waals surface area contributed by atoms with E-state index in [-0.39, 0.29) is 10.6 Å². The SMILES string of the molecule is O=[N+]([O-])c1cc(S(=O)(=O)N2CCCCC2)ccc1N1CCN(Cc2cn3ccccc3n2)CC1. The highest BCUT2D eigenvalue weighted by Gasteiger charge is 2.30. The highest BCUT2D eigenvalue weighted by Crippen LogP contribution is 2.33. The van der Waals surface area contributed by atoms with Gasteiger partial charge in [0.15, 0.2) is 0 Å². The highest BCUT2D eigenvalue weighted by molar-refractivity contribution is 7.89. The minimum atomic E-state index is -3.73. The van der Waals surface area contributed by atoms with Crippen LogP contribution in [0.1, 0.15) is 25.0 Å². The molecule has 2 aromatic heterocycles. The van der Waals surface area contributed by atoms with E-state index in [1.54, 1.807) is 6.07 Å². The van der Waals surface area contributed by atoms with Crippen LogP contribution < -0.4 is 4.90 Å². The zero-order valence-corrected chi connectivity index (χ0v) is 19.7. The van der Waals surface area contributed by atoms with Crippen molar-refractivity contribution < 1.29 is 13.3 Å². The van der Waals surface area contributed by atoms with Gasteiger partial charge >= 0.3 is 0 Å². The largest absolute Gasteiger partial charge is 0.363 e. The fraction of sp³-hybridized carbons (Fsp3) is 0.435. The summed E-state index contributed by atoms with van der Waals surface area (Å²) in [6.45, 7) is 4.35. The van der Waals surface area contributed by atoms with Gasteiger partial charge in [0.25, 0.3) is 5.69 Å². The van der Waals surface area contributed by atoms with Gasteiger partial charge in [-0.05, 0) is 37.1 Å². The fourth-order valence-electron chi connectivity index (χ4n) is 4.77. The molecule has 0 atom stereocenters. The number of benzene rings is 1. The van der Waals surface area contributed by atoms with Crippen LogP contribution in [0.3, 0.4) is 0 Å². The normalized spacial score (nSPS) is 18.4. The zero-order chi connectivity index (χ0) is 23.7. The molecule has 180 valence electrons. The molecule has 0 spiro atoms. The maximum Gasteiger partial charge on any atom is 0.293 e. The number of imidazole rings is 1. The molecule has 11 heteroatoms. The molecule has 0 amide bonds. The summed E-state index contributed by atoms with van der Waals surface area (Å²) in [5.41, 5.74) is 2.20. The topological polar surface area (TPSA) is 104 Å². The molecule has 5 rings (SSSR count). The van der Waals surface area contributed by atoms with E-state index < -0.39 is 14.9 Å². The van der Waals surface area contributed by atoms with Crippen LogP contribution in [0.2, 0.25) is 0 Å². The van der Waals surface area contributed by atoms with Crippen LogP contribution in [0.15, 0.2) is 53.7 Å². The Morgan fingerprint density at radius 3 is 2.44 bits per heavy atom. The molecule has 3 aromatic rings. The predicted octanol–water partition coefficient (Wildman–Crippen LogP) is 2.74. The summed E-state index contributed by atoms with van der Waals surface area (Å²) >= 11 is 0. The summed E-state index contributed by atoms with van der Waals surface area (Å²) in [5, 5.41) is 11.9. The van der Waals surface area contributed by atoms with Crippen molar-refractivity contribution in [2.24, 2.45) is 0 Å². The smallest absolute Gasteiger partial charge is 0.293 e. The number of fused-ring (bicyclic) bond motifs is 1. The van der Waals surface area contributed by atoms with Crippen LogP contribution in [-0.4, -0.2) is 71.2 Å². The van der Waals surface area contributed by atoms with E-state index in [2.05, 4.69) is 9.88 Å². The van der Waals surface area contributed by atoms with Crippen molar-refractivity contribution in [1.29, 1.82) is 0 Å². The number of rotatable bonds is 6. The molecule has 34 heavy (non-hydrogen) atoms. The van der Waals surface area contributed by atoms with Crippen LogP contribution in [0.4, 0.5) is 11.4 Å². The van der Waals surface area contributed by atoms with Gasteiger partial charge in [-0.15, -0.1) is 0 Å². The number of nitro benzene ring substituents is 1. The third-order valence-corrected chi connectivity index (χ3v) is 8.50. The molecule has 2 saturated heterocycles. The van der Waals surface area contributed by atoms with E-state index in [1.165, 1.54) is 16.4 Å². The van der Waals surface area contributed by atoms with E-state index in [0.717, 1.165) is 43.7 Å². The second-order valence-electron chi connectivity index (χ2n) is 8.83. The number of piperidine rings is 1. The number of piperazine rings is 1. The zero-order valence-electron chi connectivity index (χ0n) is 18.9. The second kappa shape index (κ2) is 9.32. The van der Waals surface area contributed by atoms with Crippen molar-refractivity contribution in [2.75, 3.05) is 44.2 Å². The summed E-state index contributed by atoms with van der Waals surface area (Å²) < 4.78 is 29.4. The van der Waals surface area contributed by atoms with Crippen LogP contribution in [-0.2, 0) is 16.6 Å². The van der Waals surface area contributed by atoms with Crippen LogP contribution in [0.5, 0.6) is 0 Å². The fourth-order valence-corrected chi connectivity index (χ4v) is 6.31. The van der Waals surface area contributed by atoms with E-state index in [1.807, 2.05) is 39.9 Å². The average molecular weight is 485 g/mol. The van der Waals surface area contributed by atoms with Gasteiger partial charge in [0.1, 0.15) is 11.3 Å². The molecule has 0 aliphatic carbocycles. The van der Waals surface area contributed by atoms with Crippen LogP contribution in [0.25, 0.3) is 5.65 Å². The number of hydrogen-bond donors (Lipinski definition) is 0. The van der Waals surface area contributed by atoms with Gasteiger partial charge in [0.05, 0.1) is 15.5 Å². The molecule has 2 aliphatic rings. The van der Waals surface area contributed by atoms with Crippen molar-refractivity contribution in [3.8, 4) is 0 Å². The summed E-state index contributed by atoms with van der Waals surface area (Å²) in [6.07, 6.45) is 6.64. The van der Waals surface area contributed by atoms with Gasteiger partial charge in [-0.25, -0.2) is 13.4 Å². The first-order chi connectivity index (χ1) is 16.4. The Labute approximate surface area is 198 Å². The Bertz CT molecular complexity index is 1260. The Balaban J connectivity index is 1.29. The van der Waals surface area contributed by atoms with Crippen molar-refractivity contribution >= 4 is 27.0 Å². The molecule has 2 fully saturated rings. The third-order valence-electron chi connectivity index (χ3n) is 6.61. The lowest BCUT2D eigenvalue weighted by Crippen LogP contribution is -2.46. The highest BCUT2D eigenvalue weighted by atomic mass is 32.2. The Morgan fingerprint density at radius 1 is 0.971 bits per heavy atom. The van der Waals surface area contributed by atoms with Crippen LogP contribution >= 0.6 is 0 Å². The molecule has 0 unspecified atom stereocenters. The van der Waals surface area contributed by atoms with Gasteiger partial charge in [-0.2, -0.15) is 4.31 Å². The van der Waals surface area contributed by atoms with Gasteiger partial charge < -0.3 is 9.30 Å². The minimum absolute atomic E-state index is 0.00432. The molecule has 0 saturated carbocycles. The van der Waals surface area contributed by atoms with E-state index in [4.69, 9.17) is 0 Å². The lowest BCUT2D eigenvalue weighted by molar-refractivity contribution is -0.384. The number of nitro groups is 1. The molecule has 1 aromatic carbocycles. The molecular formula is C23H28N6O4S. The molecule has 0 radical (unpaired) electrons. The molecule has 4 heterocycles. The van der Waals surface area contributed by atoms with E-state index in [0.29, 0.717) is 38.4 Å². The number of pyridine rings is 1. The number of hydrogen-bond acceptors (Lipinski definition) is 7. The van der Waals surface area contributed by atoms with Gasteiger partial charge in [0, 0.05) is 64.3 Å². The first-order valence-corrected chi connectivity index (χ1v) is 13.0. The van der Waals surface area contributed by atoms with Gasteiger partial charge in [-0.3, -0.25) is 15.0 Å². The maximum atomic E-state index is 13.0. The lowest BCUT2D eigenvalue weighted by atomic mass is 10.2. The first kappa shape index (κ1) is 22.8. The summed E-state index contributed by atoms with van der Waals surface area (Å²) in [6, 6.07) is 10.2. The summed E-state index contributed by atoms with van der Waals surface area (Å²) in [4.78, 5) is 20.3. The van der Waals surface area contributed by atoms with E-state index >= 15 is 0 Å².